The van der Waals surface area contributed by atoms with Crippen molar-refractivity contribution in [3.8, 4) is 0 Å². The fourth-order valence-electron chi connectivity index (χ4n) is 5.14. The molecule has 0 aliphatic carbocycles. The molecule has 0 aliphatic heterocycles. The molecule has 0 amide bonds. The van der Waals surface area contributed by atoms with E-state index in [4.69, 9.17) is 382 Å². The van der Waals surface area contributed by atoms with E-state index in [0.717, 1.165) is 0 Å². The van der Waals surface area contributed by atoms with E-state index in [-0.39, 0.29) is 31.7 Å². The number of ether oxygens (including phenoxy) is 2. The summed E-state index contributed by atoms with van der Waals surface area (Å²) in [7, 11) is -98.6. The number of hydrogen-bond acceptors (Lipinski definition) is 82. The van der Waals surface area contributed by atoms with Crippen molar-refractivity contribution >= 4 is 31.7 Å². The molecule has 110 heteroatoms. The summed E-state index contributed by atoms with van der Waals surface area (Å²) in [5, 5.41) is 0. The molecule has 0 aromatic carbocycles. The molecule has 0 fully saturated rings. The fraction of sp³-hybridized carbons (Fsp3) is 1.00. The third kappa shape index (κ3) is 791. The van der Waals surface area contributed by atoms with Crippen molar-refractivity contribution in [1.29, 1.82) is 0 Å². The van der Waals surface area contributed by atoms with Gasteiger partial charge in [-0.25, -0.2) is 373 Å². The van der Waals surface area contributed by atoms with Crippen LogP contribution >= 0.6 is 31.7 Å². The minimum absolute atomic E-state index is 0.0714. The summed E-state index contributed by atoms with van der Waals surface area (Å²) < 4.78 is 693. The fourth-order valence-corrected chi connectivity index (χ4v) is 21.7. The number of halogens is 20. The van der Waals surface area contributed by atoms with Crippen LogP contribution in [0.15, 0.2) is 0 Å². The molecule has 0 radical (unpaired) electrons. The van der Waals surface area contributed by atoms with Gasteiger partial charge < -0.3 is 0 Å². The zero-order valence-electron chi connectivity index (χ0n) is 68.8. The number of rotatable bonds is 28. The molecule has 0 saturated carbocycles. The molecular formula is C32H68Cl20O82P4Tc4. The summed E-state index contributed by atoms with van der Waals surface area (Å²) in [5.74, 6) is 2.16. The first-order chi connectivity index (χ1) is 60.4. The molecule has 0 heterocycles. The first-order valence-corrected chi connectivity index (χ1v) is 66.3. The molecule has 876 valence electrons. The van der Waals surface area contributed by atoms with Crippen LogP contribution in [0.1, 0.15) is 107 Å². The Morgan fingerprint density at radius 3 is 0.197 bits per heavy atom. The van der Waals surface area contributed by atoms with Gasteiger partial charge in [0.05, 0.1) is 0 Å². The second-order valence-corrected chi connectivity index (χ2v) is 47.2. The quantitative estimate of drug-likeness (QED) is 0.0656. The Kier molecular flexibility index (Phi) is 152. The maximum Gasteiger partial charge on any atom is -0.112 e. The summed E-state index contributed by atoms with van der Waals surface area (Å²) in [4.78, 5) is 4.71. The summed E-state index contributed by atoms with van der Waals surface area (Å²) in [6, 6.07) is 0. The third-order valence-electron chi connectivity index (χ3n) is 6.87. The molecule has 142 heavy (non-hydrogen) atoms. The van der Waals surface area contributed by atoms with Gasteiger partial charge in [-0.15, -0.1) is 205 Å². The van der Waals surface area contributed by atoms with Crippen molar-refractivity contribution in [2.75, 3.05) is 49.3 Å². The average molecular weight is 2990 g/mol. The Morgan fingerprint density at radius 2 is 0.169 bits per heavy atom. The topological polar surface area (TPSA) is 1860 Å². The molecular weight excluding hydrogens is 2920 g/mol. The van der Waals surface area contributed by atoms with Gasteiger partial charge in [-0.1, -0.05) is 0 Å². The molecule has 0 saturated heterocycles. The molecule has 0 rings (SSSR count). The first kappa shape index (κ1) is 202. The van der Waals surface area contributed by atoms with Gasteiger partial charge in [0, 0.05) is 0 Å². The molecule has 4 unspecified atom stereocenters. The SMILES string of the molecule is CCCP(CCC)C([CH2][Tc+5])OC([CH2][Tc+5])P(CCC)CCC.CCCP(CCC)C([CH2][Tc+5])OC([CH2][Tc+5])P(CCC)CCC.[O-][Cl+3]([O-])([O-])[O-].[O-][Cl+3]([O-])([O-])[O-].[O-][Cl+3]([O-])([O-])[O-].[O-][Cl+3]([O-])([O-])[O-].[O-][Cl+3]([O-])([O-])[O-].[O-][Cl+3]([O-])([O-])[O-].[O-][Cl+3]([O-])([O-])[O-].[O-][Cl+3]([O-])([O-])[O-].[O-][Cl+3]([O-])([O-])[O-].[O-][Cl+3]([O-])([O-])[O-].[O-][Cl+3]([O-])([O-])[O-].[O-][Cl+3]([O-])([O-])[O-].[O-][Cl+3]([O-])([O-])[O-].[O-][Cl+3]([O-])([O-])[O-].[O-][Cl+3]([O-])([O-])[O-].[O-][Cl+3]([O-])([O-])[O-].[O-][Cl+3]([O-])([O-])[O-].[O-][Cl+3]([O-])([O-])[O-].[O-][Cl+3]([O-])([O-])[O-].[O-][Cl+3]([O-])([O-])[O-]. The van der Waals surface area contributed by atoms with E-state index in [0.29, 0.717) is 23.4 Å². The minimum Gasteiger partial charge on any atom is -0.222 e. The zero-order valence-corrected chi connectivity index (χ0v) is 94.9. The van der Waals surface area contributed by atoms with Gasteiger partial charge in [-0.3, -0.25) is 0 Å². The molecule has 0 aromatic rings. The van der Waals surface area contributed by atoms with E-state index in [9.17, 15) is 0 Å². The Labute approximate surface area is 885 Å². The van der Waals surface area contributed by atoms with Gasteiger partial charge in [-0.2, -0.15) is 0 Å². The normalized spacial score (nSPS) is 12.9. The molecule has 82 nitrogen and oxygen atoms in total. The maximum atomic E-state index is 8.49. The standard InChI is InChI=1S/2C16H34OP2.20ClHO4.4Tc/c2*1-7-11-18(12-8-2)15(5)17-16(6)19(13-9-3)14-10-4;20*2-1(3,4)5;;;;/h2*15-16H,5-14H2,1-4H3;20*(H,2,3,4,5);;;;/q;;;;;;;;;;;;;;;;;;;;;;4*+5/p-20. The van der Waals surface area contributed by atoms with Crippen molar-refractivity contribution in [3.63, 3.8) is 0 Å². The molecule has 0 bridgehead atoms. The van der Waals surface area contributed by atoms with E-state index in [1.54, 1.807) is 0 Å². The van der Waals surface area contributed by atoms with Crippen LogP contribution in [0.5, 0.6) is 0 Å². The Balaban J connectivity index is -0.0000000549. The van der Waals surface area contributed by atoms with Gasteiger partial charge in [0.15, 0.2) is 0 Å². The van der Waals surface area contributed by atoms with E-state index >= 15 is 0 Å². The van der Waals surface area contributed by atoms with E-state index in [2.05, 4.69) is 131 Å². The molecule has 0 spiro atoms. The van der Waals surface area contributed by atoms with E-state index in [1.807, 2.05) is 0 Å². The molecule has 0 aromatic heterocycles. The van der Waals surface area contributed by atoms with Crippen LogP contribution in [0.4, 0.5) is 0 Å². The van der Waals surface area contributed by atoms with Crippen LogP contribution in [0.2, 0.25) is 19.7 Å². The maximum absolute atomic E-state index is 8.49. The Hall–Kier alpha value is 6.84. The number of hydrogen-bond donors (Lipinski definition) is 0. The van der Waals surface area contributed by atoms with E-state index < -0.39 is 205 Å². The molecule has 0 aliphatic rings. The second kappa shape index (κ2) is 107. The Morgan fingerprint density at radius 1 is 0.127 bits per heavy atom. The predicted octanol–water partition coefficient (Wildman–Crippen LogP) is -82.7. The predicted molar refractivity (Wildman–Crippen MR) is 185 cm³/mol. The van der Waals surface area contributed by atoms with Gasteiger partial charge in [0.1, 0.15) is 0 Å². The largest absolute Gasteiger partial charge is 0.222 e. The van der Waals surface area contributed by atoms with Crippen molar-refractivity contribution in [2.45, 2.75) is 150 Å². The van der Waals surface area contributed by atoms with Crippen LogP contribution in [0, 0.1) is 205 Å². The summed E-state index contributed by atoms with van der Waals surface area (Å²) in [6.07, 6.45) is 21.7. The van der Waals surface area contributed by atoms with Crippen LogP contribution in [-0.4, -0.2) is 72.7 Å². The monoisotopic (exact) mass is 2980 g/mol. The third-order valence-corrected chi connectivity index (χ3v) is 24.7. The summed E-state index contributed by atoms with van der Waals surface area (Å²) in [5.41, 5.74) is 0. The minimum atomic E-state index is -4.94. The van der Waals surface area contributed by atoms with Crippen molar-refractivity contribution < 1.29 is 663 Å². The van der Waals surface area contributed by atoms with Crippen LogP contribution in [0.3, 0.4) is 0 Å². The van der Waals surface area contributed by atoms with Gasteiger partial charge in [0.2, 0.25) is 0 Å². The van der Waals surface area contributed by atoms with Crippen molar-refractivity contribution in [3.05, 3.63) is 0 Å². The van der Waals surface area contributed by atoms with Crippen LogP contribution < -0.4 is 373 Å². The van der Waals surface area contributed by atoms with Gasteiger partial charge in [-0.05, 0) is 0 Å². The van der Waals surface area contributed by atoms with Crippen molar-refractivity contribution in [1.82, 2.24) is 0 Å². The van der Waals surface area contributed by atoms with Crippen molar-refractivity contribution in [2.24, 2.45) is 0 Å². The first-order valence-electron chi connectivity index (χ1n) is 29.2. The van der Waals surface area contributed by atoms with Gasteiger partial charge >= 0.3 is 316 Å². The molecule has 0 N–H and O–H groups in total. The average Bonchev–Trinajstić information content (AvgIpc) is 0.883. The molecule has 4 atom stereocenters. The van der Waals surface area contributed by atoms with E-state index in [1.165, 1.54) is 120 Å². The second-order valence-electron chi connectivity index (χ2n) is 18.4. The summed E-state index contributed by atoms with van der Waals surface area (Å²) >= 11 is 10.2. The smallest absolute Gasteiger partial charge is 0.112 e. The summed E-state index contributed by atoms with van der Waals surface area (Å²) in [6.45, 7) is 18.6. The van der Waals surface area contributed by atoms with Gasteiger partial charge in [0.25, 0.3) is 0 Å². The van der Waals surface area contributed by atoms with Crippen LogP contribution in [-0.2, 0) is 85.1 Å². The van der Waals surface area contributed by atoms with Crippen LogP contribution in [0.25, 0.3) is 0 Å². The Bertz CT molecular complexity index is 1740. The zero-order chi connectivity index (χ0) is 122.